The minimum absolute atomic E-state index is 0.480. The fraction of sp³-hybridized carbons (Fsp3) is 0.333. The molecule has 0 bridgehead atoms. The van der Waals surface area contributed by atoms with Crippen LogP contribution in [0.3, 0.4) is 0 Å². The van der Waals surface area contributed by atoms with Crippen molar-refractivity contribution in [1.82, 2.24) is 14.8 Å². The van der Waals surface area contributed by atoms with Crippen molar-refractivity contribution >= 4 is 17.2 Å². The summed E-state index contributed by atoms with van der Waals surface area (Å²) in [7, 11) is 1.74. The van der Waals surface area contributed by atoms with Gasteiger partial charge in [-0.05, 0) is 0 Å². The Morgan fingerprint density at radius 1 is 1.67 bits per heavy atom. The summed E-state index contributed by atoms with van der Waals surface area (Å²) in [6, 6.07) is 0. The second-order valence-electron chi connectivity index (χ2n) is 3.25. The number of nitrogens with zero attached hydrogens (tertiary/aromatic N) is 3. The number of aliphatic hydroxyl groups excluding tert-OH is 1. The minimum atomic E-state index is -0.634. The number of aliphatic hydroxyl groups is 1. The zero-order valence-electron chi connectivity index (χ0n) is 8.29. The van der Waals surface area contributed by atoms with Gasteiger partial charge in [-0.1, -0.05) is 0 Å². The van der Waals surface area contributed by atoms with Gasteiger partial charge in [-0.2, -0.15) is 5.10 Å². The molecule has 15 heavy (non-hydrogen) atoms. The SMILES string of the molecule is Cn1ncc(C(O)Cc2nccs2)c1N. The second kappa shape index (κ2) is 4.00. The van der Waals surface area contributed by atoms with Crippen molar-refractivity contribution in [3.05, 3.63) is 28.3 Å². The van der Waals surface area contributed by atoms with E-state index in [1.54, 1.807) is 24.1 Å². The van der Waals surface area contributed by atoms with Crippen LogP contribution in [0.5, 0.6) is 0 Å². The van der Waals surface area contributed by atoms with Gasteiger partial charge in [0.2, 0.25) is 0 Å². The van der Waals surface area contributed by atoms with E-state index in [0.717, 1.165) is 5.01 Å². The van der Waals surface area contributed by atoms with Crippen LogP contribution < -0.4 is 5.73 Å². The molecule has 0 aliphatic rings. The number of thiazole rings is 1. The third-order valence-electron chi connectivity index (χ3n) is 2.22. The molecule has 0 aromatic carbocycles. The highest BCUT2D eigenvalue weighted by Gasteiger charge is 2.16. The Labute approximate surface area is 91.2 Å². The van der Waals surface area contributed by atoms with E-state index in [1.807, 2.05) is 5.38 Å². The summed E-state index contributed by atoms with van der Waals surface area (Å²) in [6.45, 7) is 0. The molecule has 0 spiro atoms. The lowest BCUT2D eigenvalue weighted by Crippen LogP contribution is -2.05. The number of hydrogen-bond donors (Lipinski definition) is 2. The van der Waals surface area contributed by atoms with Crippen LogP contribution in [-0.4, -0.2) is 19.9 Å². The van der Waals surface area contributed by atoms with Gasteiger partial charge < -0.3 is 10.8 Å². The van der Waals surface area contributed by atoms with E-state index < -0.39 is 6.10 Å². The predicted octanol–water partition coefficient (Wildman–Crippen LogP) is 0.735. The van der Waals surface area contributed by atoms with Crippen molar-refractivity contribution in [3.63, 3.8) is 0 Å². The van der Waals surface area contributed by atoms with Crippen LogP contribution in [0.4, 0.5) is 5.82 Å². The molecule has 1 unspecified atom stereocenters. The highest BCUT2D eigenvalue weighted by Crippen LogP contribution is 2.23. The smallest absolute Gasteiger partial charge is 0.127 e. The molecule has 3 N–H and O–H groups in total. The number of anilines is 1. The highest BCUT2D eigenvalue weighted by molar-refractivity contribution is 7.09. The lowest BCUT2D eigenvalue weighted by atomic mass is 10.1. The van der Waals surface area contributed by atoms with E-state index in [-0.39, 0.29) is 0 Å². The maximum atomic E-state index is 9.92. The Morgan fingerprint density at radius 2 is 2.47 bits per heavy atom. The third-order valence-corrected chi connectivity index (χ3v) is 3.03. The molecule has 0 saturated heterocycles. The van der Waals surface area contributed by atoms with Crippen molar-refractivity contribution < 1.29 is 5.11 Å². The summed E-state index contributed by atoms with van der Waals surface area (Å²) in [6.07, 6.45) is 3.16. The van der Waals surface area contributed by atoms with Crippen LogP contribution in [0, 0.1) is 0 Å². The molecule has 2 aromatic rings. The molecule has 2 heterocycles. The number of aromatic nitrogens is 3. The van der Waals surface area contributed by atoms with Crippen molar-refractivity contribution in [3.8, 4) is 0 Å². The second-order valence-corrected chi connectivity index (χ2v) is 4.23. The Hall–Kier alpha value is -1.40. The van der Waals surface area contributed by atoms with Gasteiger partial charge in [0.05, 0.1) is 17.3 Å². The number of hydrogen-bond acceptors (Lipinski definition) is 5. The lowest BCUT2D eigenvalue weighted by Gasteiger charge is -2.07. The van der Waals surface area contributed by atoms with Gasteiger partial charge in [0.25, 0.3) is 0 Å². The summed E-state index contributed by atoms with van der Waals surface area (Å²) < 4.78 is 1.54. The number of nitrogens with two attached hydrogens (primary N) is 1. The van der Waals surface area contributed by atoms with E-state index in [4.69, 9.17) is 5.73 Å². The lowest BCUT2D eigenvalue weighted by molar-refractivity contribution is 0.179. The number of nitrogen functional groups attached to an aromatic ring is 1. The molecule has 5 nitrogen and oxygen atoms in total. The topological polar surface area (TPSA) is 77.0 Å². The summed E-state index contributed by atoms with van der Waals surface area (Å²) in [5, 5.41) is 16.7. The first-order valence-electron chi connectivity index (χ1n) is 4.52. The van der Waals surface area contributed by atoms with E-state index in [9.17, 15) is 5.11 Å². The third kappa shape index (κ3) is 2.00. The first kappa shape index (κ1) is 10.1. The molecule has 0 amide bonds. The fourth-order valence-corrected chi connectivity index (χ4v) is 2.00. The number of rotatable bonds is 3. The maximum absolute atomic E-state index is 9.92. The van der Waals surface area contributed by atoms with E-state index in [2.05, 4.69) is 10.1 Å². The van der Waals surface area contributed by atoms with E-state index in [1.165, 1.54) is 11.3 Å². The van der Waals surface area contributed by atoms with Gasteiger partial charge in [-0.25, -0.2) is 4.98 Å². The van der Waals surface area contributed by atoms with Crippen molar-refractivity contribution in [2.75, 3.05) is 5.73 Å². The summed E-state index contributed by atoms with van der Waals surface area (Å²) in [4.78, 5) is 4.11. The molecule has 0 radical (unpaired) electrons. The molecule has 6 heteroatoms. The Balaban J connectivity index is 2.14. The van der Waals surface area contributed by atoms with Crippen LogP contribution in [0.1, 0.15) is 16.7 Å². The van der Waals surface area contributed by atoms with Crippen molar-refractivity contribution in [2.24, 2.45) is 7.05 Å². The van der Waals surface area contributed by atoms with Gasteiger partial charge in [0.1, 0.15) is 5.82 Å². The van der Waals surface area contributed by atoms with Crippen LogP contribution in [0.15, 0.2) is 17.8 Å². The average molecular weight is 224 g/mol. The predicted molar refractivity (Wildman–Crippen MR) is 58.4 cm³/mol. The van der Waals surface area contributed by atoms with Crippen molar-refractivity contribution in [2.45, 2.75) is 12.5 Å². The van der Waals surface area contributed by atoms with Crippen LogP contribution in [0.2, 0.25) is 0 Å². The first-order chi connectivity index (χ1) is 7.18. The summed E-state index contributed by atoms with van der Waals surface area (Å²) >= 11 is 1.52. The number of aryl methyl sites for hydroxylation is 1. The van der Waals surface area contributed by atoms with Crippen LogP contribution >= 0.6 is 11.3 Å². The quantitative estimate of drug-likeness (QED) is 0.806. The molecule has 1 atom stereocenters. The normalized spacial score (nSPS) is 12.9. The standard InChI is InChI=1S/C9H12N4OS/c1-13-9(10)6(5-12-13)7(14)4-8-11-2-3-15-8/h2-3,5,7,14H,4,10H2,1H3. The van der Waals surface area contributed by atoms with Gasteiger partial charge in [-0.3, -0.25) is 4.68 Å². The van der Waals surface area contributed by atoms with Crippen LogP contribution in [-0.2, 0) is 13.5 Å². The van der Waals surface area contributed by atoms with Crippen LogP contribution in [0.25, 0.3) is 0 Å². The van der Waals surface area contributed by atoms with E-state index >= 15 is 0 Å². The van der Waals surface area contributed by atoms with Gasteiger partial charge >= 0.3 is 0 Å². The molecular weight excluding hydrogens is 212 g/mol. The molecular formula is C9H12N4OS. The van der Waals surface area contributed by atoms with Crippen molar-refractivity contribution in [1.29, 1.82) is 0 Å². The molecule has 2 rings (SSSR count). The molecule has 0 fully saturated rings. The highest BCUT2D eigenvalue weighted by atomic mass is 32.1. The average Bonchev–Trinajstić information content (AvgIpc) is 2.79. The fourth-order valence-electron chi connectivity index (χ4n) is 1.35. The summed E-state index contributed by atoms with van der Waals surface area (Å²) in [5.41, 5.74) is 6.42. The summed E-state index contributed by atoms with van der Waals surface area (Å²) in [5.74, 6) is 0.499. The maximum Gasteiger partial charge on any atom is 0.127 e. The Kier molecular flexibility index (Phi) is 2.70. The monoisotopic (exact) mass is 224 g/mol. The van der Waals surface area contributed by atoms with Gasteiger partial charge in [0.15, 0.2) is 0 Å². The Bertz CT molecular complexity index is 437. The van der Waals surface area contributed by atoms with E-state index in [0.29, 0.717) is 17.8 Å². The molecule has 0 aliphatic heterocycles. The zero-order valence-corrected chi connectivity index (χ0v) is 9.11. The van der Waals surface area contributed by atoms with Gasteiger partial charge in [0, 0.05) is 30.6 Å². The molecule has 0 aliphatic carbocycles. The minimum Gasteiger partial charge on any atom is -0.388 e. The molecule has 80 valence electrons. The largest absolute Gasteiger partial charge is 0.388 e. The van der Waals surface area contributed by atoms with Gasteiger partial charge in [-0.15, -0.1) is 11.3 Å². The zero-order chi connectivity index (χ0) is 10.8. The first-order valence-corrected chi connectivity index (χ1v) is 5.40. The Morgan fingerprint density at radius 3 is 3.00 bits per heavy atom. The molecule has 0 saturated carbocycles. The molecule has 2 aromatic heterocycles.